The Kier molecular flexibility index (Phi) is 8.02. The van der Waals surface area contributed by atoms with Crippen molar-refractivity contribution in [3.63, 3.8) is 0 Å². The summed E-state index contributed by atoms with van der Waals surface area (Å²) in [5.41, 5.74) is 7.05. The van der Waals surface area contributed by atoms with Gasteiger partial charge < -0.3 is 20.3 Å². The fraction of sp³-hybridized carbons (Fsp3) is 0.500. The minimum absolute atomic E-state index is 0. The Morgan fingerprint density at radius 2 is 1.61 bits per heavy atom. The van der Waals surface area contributed by atoms with E-state index in [1.807, 2.05) is 30.3 Å². The predicted octanol–water partition coefficient (Wildman–Crippen LogP) is 0.816. The van der Waals surface area contributed by atoms with E-state index >= 15 is 0 Å². The zero-order chi connectivity index (χ0) is 15.9. The summed E-state index contributed by atoms with van der Waals surface area (Å²) in [6.07, 6.45) is 0.288. The van der Waals surface area contributed by atoms with E-state index < -0.39 is 0 Å². The molecule has 2 N–H and O–H groups in total. The summed E-state index contributed by atoms with van der Waals surface area (Å²) in [6, 6.07) is 9.33. The van der Waals surface area contributed by atoms with Crippen LogP contribution >= 0.6 is 12.4 Å². The van der Waals surface area contributed by atoms with Crippen molar-refractivity contribution in [3.05, 3.63) is 35.9 Å². The molecule has 1 saturated heterocycles. The fourth-order valence-electron chi connectivity index (χ4n) is 2.56. The Labute approximate surface area is 143 Å². The molecular weight excluding hydrogens is 318 g/mol. The van der Waals surface area contributed by atoms with Crippen LogP contribution in [0.15, 0.2) is 30.3 Å². The van der Waals surface area contributed by atoms with Crippen molar-refractivity contribution in [2.75, 3.05) is 39.9 Å². The number of benzene rings is 1. The Bertz CT molecular complexity index is 505. The third-order valence-corrected chi connectivity index (χ3v) is 3.88. The molecule has 1 aliphatic rings. The van der Waals surface area contributed by atoms with Gasteiger partial charge in [-0.1, -0.05) is 30.3 Å². The number of ether oxygens (including phenoxy) is 1. The highest BCUT2D eigenvalue weighted by Gasteiger charge is 2.25. The van der Waals surface area contributed by atoms with E-state index in [-0.39, 0.29) is 43.3 Å². The second kappa shape index (κ2) is 9.50. The van der Waals surface area contributed by atoms with Gasteiger partial charge in [-0.2, -0.15) is 0 Å². The van der Waals surface area contributed by atoms with Crippen LogP contribution in [0.5, 0.6) is 0 Å². The SMILES string of the molecule is COCC(=O)N1CCN(C(=O)CC(N)c2ccccc2)CC1.Cl. The first-order valence-corrected chi connectivity index (χ1v) is 7.47. The van der Waals surface area contributed by atoms with Gasteiger partial charge in [-0.15, -0.1) is 12.4 Å². The average Bonchev–Trinajstić information content (AvgIpc) is 2.56. The lowest BCUT2D eigenvalue weighted by Gasteiger charge is -2.35. The molecule has 0 saturated carbocycles. The maximum Gasteiger partial charge on any atom is 0.248 e. The van der Waals surface area contributed by atoms with Crippen molar-refractivity contribution in [1.82, 2.24) is 9.80 Å². The molecule has 23 heavy (non-hydrogen) atoms. The largest absolute Gasteiger partial charge is 0.375 e. The zero-order valence-electron chi connectivity index (χ0n) is 13.3. The van der Waals surface area contributed by atoms with Crippen LogP contribution in [-0.2, 0) is 14.3 Å². The molecule has 1 aliphatic heterocycles. The zero-order valence-corrected chi connectivity index (χ0v) is 14.1. The molecule has 7 heteroatoms. The molecule has 128 valence electrons. The van der Waals surface area contributed by atoms with Gasteiger partial charge in [0.25, 0.3) is 0 Å². The van der Waals surface area contributed by atoms with E-state index in [2.05, 4.69) is 0 Å². The Morgan fingerprint density at radius 3 is 2.13 bits per heavy atom. The lowest BCUT2D eigenvalue weighted by Crippen LogP contribution is -2.51. The molecule has 6 nitrogen and oxygen atoms in total. The first-order valence-electron chi connectivity index (χ1n) is 7.47. The van der Waals surface area contributed by atoms with Crippen LogP contribution in [0.3, 0.4) is 0 Å². The lowest BCUT2D eigenvalue weighted by atomic mass is 10.0. The Morgan fingerprint density at radius 1 is 1.09 bits per heavy atom. The quantitative estimate of drug-likeness (QED) is 0.860. The van der Waals surface area contributed by atoms with E-state index in [9.17, 15) is 9.59 Å². The number of amides is 2. The van der Waals surface area contributed by atoms with Crippen LogP contribution in [0.2, 0.25) is 0 Å². The highest BCUT2D eigenvalue weighted by molar-refractivity contribution is 5.85. The number of halogens is 1. The topological polar surface area (TPSA) is 75.9 Å². The molecule has 1 aromatic carbocycles. The van der Waals surface area contributed by atoms with Crippen LogP contribution in [0.4, 0.5) is 0 Å². The lowest BCUT2D eigenvalue weighted by molar-refractivity contribution is -0.142. The van der Waals surface area contributed by atoms with Crippen LogP contribution in [0.1, 0.15) is 18.0 Å². The highest BCUT2D eigenvalue weighted by atomic mass is 35.5. The van der Waals surface area contributed by atoms with E-state index in [0.29, 0.717) is 26.2 Å². The van der Waals surface area contributed by atoms with Gasteiger partial charge in [0.1, 0.15) is 6.61 Å². The number of nitrogens with zero attached hydrogens (tertiary/aromatic N) is 2. The second-order valence-corrected chi connectivity index (χ2v) is 5.42. The van der Waals surface area contributed by atoms with Crippen molar-refractivity contribution >= 4 is 24.2 Å². The molecule has 0 spiro atoms. The van der Waals surface area contributed by atoms with E-state index in [1.165, 1.54) is 7.11 Å². The second-order valence-electron chi connectivity index (χ2n) is 5.42. The number of hydrogen-bond donors (Lipinski definition) is 1. The standard InChI is InChI=1S/C16H23N3O3.ClH/c1-22-12-16(21)19-9-7-18(8-10-19)15(20)11-14(17)13-5-3-2-4-6-13;/h2-6,14H,7-12,17H2,1H3;1H. The van der Waals surface area contributed by atoms with Gasteiger partial charge in [-0.05, 0) is 5.56 Å². The number of piperazine rings is 1. The average molecular weight is 342 g/mol. The fourth-order valence-corrected chi connectivity index (χ4v) is 2.56. The third kappa shape index (κ3) is 5.49. The number of nitrogens with two attached hydrogens (primary N) is 1. The molecule has 0 bridgehead atoms. The van der Waals surface area contributed by atoms with E-state index in [0.717, 1.165) is 5.56 Å². The molecular formula is C16H24ClN3O3. The van der Waals surface area contributed by atoms with Crippen LogP contribution in [0, 0.1) is 0 Å². The van der Waals surface area contributed by atoms with Gasteiger partial charge in [0, 0.05) is 45.8 Å². The summed E-state index contributed by atoms with van der Waals surface area (Å²) < 4.78 is 4.84. The Hall–Kier alpha value is -1.63. The van der Waals surface area contributed by atoms with E-state index in [1.54, 1.807) is 9.80 Å². The summed E-state index contributed by atoms with van der Waals surface area (Å²) in [5.74, 6) is 0.00535. The summed E-state index contributed by atoms with van der Waals surface area (Å²) in [7, 11) is 1.50. The highest BCUT2D eigenvalue weighted by Crippen LogP contribution is 2.15. The molecule has 2 amide bonds. The Balaban J connectivity index is 0.00000264. The summed E-state index contributed by atoms with van der Waals surface area (Å²) in [6.45, 7) is 2.29. The summed E-state index contributed by atoms with van der Waals surface area (Å²) in [5, 5.41) is 0. The predicted molar refractivity (Wildman–Crippen MR) is 90.3 cm³/mol. The molecule has 2 rings (SSSR count). The van der Waals surface area contributed by atoms with Crippen molar-refractivity contribution in [2.24, 2.45) is 5.73 Å². The van der Waals surface area contributed by atoms with Crippen molar-refractivity contribution < 1.29 is 14.3 Å². The van der Waals surface area contributed by atoms with Gasteiger partial charge in [0.2, 0.25) is 11.8 Å². The normalized spacial score (nSPS) is 15.7. The van der Waals surface area contributed by atoms with Crippen LogP contribution in [0.25, 0.3) is 0 Å². The van der Waals surface area contributed by atoms with Gasteiger partial charge in [-0.25, -0.2) is 0 Å². The molecule has 0 radical (unpaired) electrons. The molecule has 1 fully saturated rings. The van der Waals surface area contributed by atoms with Crippen LogP contribution < -0.4 is 5.73 Å². The smallest absolute Gasteiger partial charge is 0.248 e. The molecule has 1 aromatic rings. The minimum Gasteiger partial charge on any atom is -0.375 e. The van der Waals surface area contributed by atoms with E-state index in [4.69, 9.17) is 10.5 Å². The number of hydrogen-bond acceptors (Lipinski definition) is 4. The molecule has 1 atom stereocenters. The molecule has 0 aromatic heterocycles. The van der Waals surface area contributed by atoms with Gasteiger partial charge >= 0.3 is 0 Å². The molecule has 1 heterocycles. The number of carbonyl (C=O) groups is 2. The first kappa shape index (κ1) is 19.4. The molecule has 1 unspecified atom stereocenters. The van der Waals surface area contributed by atoms with Gasteiger partial charge in [-0.3, -0.25) is 9.59 Å². The van der Waals surface area contributed by atoms with Crippen molar-refractivity contribution in [1.29, 1.82) is 0 Å². The number of methoxy groups -OCH3 is 1. The number of rotatable bonds is 5. The van der Waals surface area contributed by atoms with Crippen molar-refractivity contribution in [2.45, 2.75) is 12.5 Å². The summed E-state index contributed by atoms with van der Waals surface area (Å²) >= 11 is 0. The van der Waals surface area contributed by atoms with Gasteiger partial charge in [0.05, 0.1) is 0 Å². The maximum atomic E-state index is 12.3. The first-order chi connectivity index (χ1) is 10.6. The third-order valence-electron chi connectivity index (χ3n) is 3.88. The minimum atomic E-state index is -0.290. The summed E-state index contributed by atoms with van der Waals surface area (Å²) in [4.78, 5) is 27.5. The molecule has 0 aliphatic carbocycles. The van der Waals surface area contributed by atoms with Crippen LogP contribution in [-0.4, -0.2) is 61.5 Å². The maximum absolute atomic E-state index is 12.3. The van der Waals surface area contributed by atoms with Crippen molar-refractivity contribution in [3.8, 4) is 0 Å². The van der Waals surface area contributed by atoms with Gasteiger partial charge in [0.15, 0.2) is 0 Å². The number of carbonyl (C=O) groups excluding carboxylic acids is 2. The monoisotopic (exact) mass is 341 g/mol.